The van der Waals surface area contributed by atoms with E-state index in [1.54, 1.807) is 0 Å². The Hall–Kier alpha value is -1.64. The molecule has 0 fully saturated rings. The average molecular weight is 431 g/mol. The van der Waals surface area contributed by atoms with Gasteiger partial charge in [-0.1, -0.05) is 107 Å². The molecule has 0 aliphatic carbocycles. The Kier molecular flexibility index (Phi) is 17.9. The number of hydrogen-bond acceptors (Lipinski definition) is 2. The fourth-order valence-electron chi connectivity index (χ4n) is 4.14. The summed E-state index contributed by atoms with van der Waals surface area (Å²) >= 11 is 0. The smallest absolute Gasteiger partial charge is 0.303 e. The summed E-state index contributed by atoms with van der Waals surface area (Å²) in [5.41, 5.74) is 1.45. The zero-order chi connectivity index (χ0) is 22.4. The molecular formula is C28H46O3. The van der Waals surface area contributed by atoms with Crippen LogP contribution in [0.5, 0.6) is 0 Å². The number of aliphatic carboxylic acids is 1. The van der Waals surface area contributed by atoms with Crippen molar-refractivity contribution >= 4 is 11.8 Å². The van der Waals surface area contributed by atoms with Crippen LogP contribution in [0.4, 0.5) is 0 Å². The predicted octanol–water partition coefficient (Wildman–Crippen LogP) is 8.29. The van der Waals surface area contributed by atoms with Gasteiger partial charge < -0.3 is 5.11 Å². The molecule has 0 saturated heterocycles. The molecule has 1 rings (SSSR count). The van der Waals surface area contributed by atoms with Crippen LogP contribution in [-0.4, -0.2) is 16.9 Å². The van der Waals surface area contributed by atoms with Crippen LogP contribution >= 0.6 is 0 Å². The quantitative estimate of drug-likeness (QED) is 0.188. The van der Waals surface area contributed by atoms with E-state index in [1.807, 2.05) is 0 Å². The fourth-order valence-corrected chi connectivity index (χ4v) is 4.14. The van der Waals surface area contributed by atoms with E-state index in [0.29, 0.717) is 12.2 Å². The molecule has 0 amide bonds. The van der Waals surface area contributed by atoms with Gasteiger partial charge in [0.2, 0.25) is 0 Å². The van der Waals surface area contributed by atoms with Crippen molar-refractivity contribution in [1.82, 2.24) is 0 Å². The van der Waals surface area contributed by atoms with Crippen molar-refractivity contribution in [3.63, 3.8) is 0 Å². The highest BCUT2D eigenvalue weighted by atomic mass is 16.4. The Morgan fingerprint density at radius 2 is 0.903 bits per heavy atom. The van der Waals surface area contributed by atoms with E-state index >= 15 is 0 Å². The third kappa shape index (κ3) is 18.8. The number of benzene rings is 1. The zero-order valence-corrected chi connectivity index (χ0v) is 19.8. The highest BCUT2D eigenvalue weighted by molar-refractivity contribution is 5.78. The average Bonchev–Trinajstić information content (AvgIpc) is 2.76. The Morgan fingerprint density at radius 1 is 0.516 bits per heavy atom. The van der Waals surface area contributed by atoms with Gasteiger partial charge in [0, 0.05) is 19.3 Å². The maximum atomic E-state index is 12.0. The molecule has 0 spiro atoms. The van der Waals surface area contributed by atoms with E-state index in [0.717, 1.165) is 44.9 Å². The number of carboxylic acid groups (broad SMARTS) is 1. The monoisotopic (exact) mass is 430 g/mol. The topological polar surface area (TPSA) is 54.4 Å². The lowest BCUT2D eigenvalue weighted by atomic mass is 10.0. The number of hydrogen-bond donors (Lipinski definition) is 1. The normalized spacial score (nSPS) is 11.0. The van der Waals surface area contributed by atoms with Crippen molar-refractivity contribution in [2.75, 3.05) is 0 Å². The fraction of sp³-hybridized carbons (Fsp3) is 0.714. The van der Waals surface area contributed by atoms with Crippen molar-refractivity contribution in [2.24, 2.45) is 0 Å². The van der Waals surface area contributed by atoms with E-state index in [-0.39, 0.29) is 0 Å². The van der Waals surface area contributed by atoms with Crippen molar-refractivity contribution in [2.45, 2.75) is 128 Å². The number of carbonyl (C=O) groups excluding carboxylic acids is 1. The summed E-state index contributed by atoms with van der Waals surface area (Å²) in [7, 11) is 0. The van der Waals surface area contributed by atoms with Gasteiger partial charge in [0.05, 0.1) is 0 Å². The van der Waals surface area contributed by atoms with E-state index < -0.39 is 5.97 Å². The molecule has 3 heteroatoms. The van der Waals surface area contributed by atoms with E-state index in [4.69, 9.17) is 5.11 Å². The predicted molar refractivity (Wildman–Crippen MR) is 131 cm³/mol. The molecule has 0 aliphatic rings. The third-order valence-electron chi connectivity index (χ3n) is 6.11. The molecule has 0 aromatic heterocycles. The standard InChI is InChI=1S/C28H46O3/c29-27(23-17-10-6-2-1-3-8-12-19-25-28(30)31)24-18-11-7-4-5-9-14-20-26-21-15-13-16-22-26/h13,15-16,21-22H,1-12,14,17-20,23-25H2,(H,30,31). The van der Waals surface area contributed by atoms with Crippen LogP contribution in [0.25, 0.3) is 0 Å². The molecule has 1 aromatic rings. The summed E-state index contributed by atoms with van der Waals surface area (Å²) in [6.45, 7) is 0. The van der Waals surface area contributed by atoms with E-state index in [1.165, 1.54) is 82.6 Å². The second-order valence-electron chi connectivity index (χ2n) is 9.07. The molecule has 0 heterocycles. The zero-order valence-electron chi connectivity index (χ0n) is 19.8. The molecule has 0 radical (unpaired) electrons. The minimum absolute atomic E-state index is 0.309. The minimum Gasteiger partial charge on any atom is -0.481 e. The number of ketones is 1. The van der Waals surface area contributed by atoms with Crippen molar-refractivity contribution in [1.29, 1.82) is 0 Å². The van der Waals surface area contributed by atoms with Gasteiger partial charge in [-0.2, -0.15) is 0 Å². The summed E-state index contributed by atoms with van der Waals surface area (Å²) < 4.78 is 0. The number of carboxylic acids is 1. The lowest BCUT2D eigenvalue weighted by Crippen LogP contribution is -1.97. The van der Waals surface area contributed by atoms with E-state index in [2.05, 4.69) is 30.3 Å². The number of Topliss-reactive ketones (excluding diaryl/α,β-unsaturated/α-hetero) is 1. The lowest BCUT2D eigenvalue weighted by molar-refractivity contribution is -0.137. The summed E-state index contributed by atoms with van der Waals surface area (Å²) in [4.78, 5) is 22.4. The maximum absolute atomic E-state index is 12.0. The summed E-state index contributed by atoms with van der Waals surface area (Å²) in [5, 5.41) is 8.59. The van der Waals surface area contributed by atoms with Gasteiger partial charge in [-0.25, -0.2) is 0 Å². The van der Waals surface area contributed by atoms with Gasteiger partial charge >= 0.3 is 5.97 Å². The highest BCUT2D eigenvalue weighted by Crippen LogP contribution is 2.14. The molecule has 0 bridgehead atoms. The highest BCUT2D eigenvalue weighted by Gasteiger charge is 2.02. The second-order valence-corrected chi connectivity index (χ2v) is 9.07. The van der Waals surface area contributed by atoms with Crippen molar-refractivity contribution in [3.8, 4) is 0 Å². The Balaban J connectivity index is 1.75. The summed E-state index contributed by atoms with van der Waals surface area (Å²) in [6, 6.07) is 10.7. The van der Waals surface area contributed by atoms with Gasteiger partial charge in [-0.05, 0) is 37.7 Å². The first-order valence-electron chi connectivity index (χ1n) is 13.0. The van der Waals surface area contributed by atoms with Crippen molar-refractivity contribution < 1.29 is 14.7 Å². The van der Waals surface area contributed by atoms with Crippen LogP contribution in [0.1, 0.15) is 128 Å². The van der Waals surface area contributed by atoms with Crippen LogP contribution in [0, 0.1) is 0 Å². The lowest BCUT2D eigenvalue weighted by Gasteiger charge is -2.04. The van der Waals surface area contributed by atoms with Crippen LogP contribution in [-0.2, 0) is 16.0 Å². The summed E-state index contributed by atoms with van der Waals surface area (Å²) in [6.07, 6.45) is 22.0. The van der Waals surface area contributed by atoms with Gasteiger partial charge in [-0.15, -0.1) is 0 Å². The summed E-state index contributed by atoms with van der Waals surface area (Å²) in [5.74, 6) is -0.221. The number of carbonyl (C=O) groups is 2. The van der Waals surface area contributed by atoms with Crippen LogP contribution < -0.4 is 0 Å². The molecule has 3 nitrogen and oxygen atoms in total. The maximum Gasteiger partial charge on any atom is 0.303 e. The molecule has 31 heavy (non-hydrogen) atoms. The van der Waals surface area contributed by atoms with Crippen molar-refractivity contribution in [3.05, 3.63) is 35.9 Å². The largest absolute Gasteiger partial charge is 0.481 e. The van der Waals surface area contributed by atoms with E-state index in [9.17, 15) is 9.59 Å². The Bertz CT molecular complexity index is 553. The molecule has 1 N–H and O–H groups in total. The molecular weight excluding hydrogens is 384 g/mol. The van der Waals surface area contributed by atoms with Crippen LogP contribution in [0.3, 0.4) is 0 Å². The minimum atomic E-state index is -0.681. The molecule has 0 saturated carbocycles. The first-order valence-corrected chi connectivity index (χ1v) is 13.0. The Labute approximate surface area is 191 Å². The SMILES string of the molecule is O=C(O)CCCCCCCCCCCC(=O)CCCCCCCCCc1ccccc1. The molecule has 0 atom stereocenters. The molecule has 0 aliphatic heterocycles. The number of rotatable bonds is 22. The third-order valence-corrected chi connectivity index (χ3v) is 6.11. The molecule has 1 aromatic carbocycles. The second kappa shape index (κ2) is 20.3. The number of unbranched alkanes of at least 4 members (excludes halogenated alkanes) is 14. The first-order chi connectivity index (χ1) is 15.2. The first kappa shape index (κ1) is 27.4. The molecule has 0 unspecified atom stereocenters. The van der Waals surface area contributed by atoms with Crippen LogP contribution in [0.2, 0.25) is 0 Å². The number of aryl methyl sites for hydroxylation is 1. The Morgan fingerprint density at radius 3 is 1.35 bits per heavy atom. The molecule has 176 valence electrons. The van der Waals surface area contributed by atoms with Gasteiger partial charge in [0.15, 0.2) is 0 Å². The van der Waals surface area contributed by atoms with Crippen LogP contribution in [0.15, 0.2) is 30.3 Å². The van der Waals surface area contributed by atoms with Gasteiger partial charge in [-0.3, -0.25) is 9.59 Å². The van der Waals surface area contributed by atoms with Gasteiger partial charge in [0.1, 0.15) is 5.78 Å². The van der Waals surface area contributed by atoms with Gasteiger partial charge in [0.25, 0.3) is 0 Å².